The van der Waals surface area contributed by atoms with E-state index >= 15 is 0 Å². The lowest BCUT2D eigenvalue weighted by Crippen LogP contribution is -2.58. The van der Waals surface area contributed by atoms with E-state index < -0.39 is 72.6 Å². The van der Waals surface area contributed by atoms with E-state index in [2.05, 4.69) is 35.9 Å². The van der Waals surface area contributed by atoms with Crippen LogP contribution in [0.4, 0.5) is 0 Å². The highest BCUT2D eigenvalue weighted by atomic mass is 32.1. The van der Waals surface area contributed by atoms with Gasteiger partial charge in [0, 0.05) is 11.5 Å². The minimum Gasteiger partial charge on any atom is -0.481 e. The van der Waals surface area contributed by atoms with Crippen molar-refractivity contribution in [2.45, 2.75) is 37.0 Å². The highest BCUT2D eigenvalue weighted by molar-refractivity contribution is 7.80. The van der Waals surface area contributed by atoms with E-state index in [9.17, 15) is 28.8 Å². The third kappa shape index (κ3) is 10.00. The first kappa shape index (κ1) is 26.5. The Morgan fingerprint density at radius 2 is 1.10 bits per heavy atom. The molecule has 0 bridgehead atoms. The Kier molecular flexibility index (Phi) is 11.7. The summed E-state index contributed by atoms with van der Waals surface area (Å²) >= 11 is 7.73. The zero-order chi connectivity index (χ0) is 22.7. The number of hydrogen-bond donors (Lipinski definition) is 9. The first-order valence-corrected chi connectivity index (χ1v) is 9.24. The second-order valence-corrected chi connectivity index (χ2v) is 6.42. The fraction of sp³-hybridized carbons (Fsp3) is 0.571. The maximum absolute atomic E-state index is 12.3. The van der Waals surface area contributed by atoms with E-state index in [0.29, 0.717) is 0 Å². The number of amides is 3. The molecule has 0 aromatic rings. The Bertz CT molecular complexity index is 661. The van der Waals surface area contributed by atoms with Gasteiger partial charge in [-0.25, -0.2) is 4.79 Å². The fourth-order valence-electron chi connectivity index (χ4n) is 1.86. The summed E-state index contributed by atoms with van der Waals surface area (Å²) in [4.78, 5) is 69.0. The molecule has 0 aliphatic rings. The predicted molar refractivity (Wildman–Crippen MR) is 104 cm³/mol. The fourth-order valence-corrected chi connectivity index (χ4v) is 2.28. The number of carbonyl (C=O) groups is 6. The lowest BCUT2D eigenvalue weighted by molar-refractivity contribution is -0.148. The van der Waals surface area contributed by atoms with E-state index in [1.165, 1.54) is 0 Å². The summed E-state index contributed by atoms with van der Waals surface area (Å²) in [6, 6.07) is -5.90. The van der Waals surface area contributed by atoms with Gasteiger partial charge < -0.3 is 37.0 Å². The van der Waals surface area contributed by atoms with Crippen LogP contribution in [0.25, 0.3) is 0 Å². The molecular formula is C14H22N4O9S2. The van der Waals surface area contributed by atoms with Crippen LogP contribution in [-0.2, 0) is 28.8 Å². The van der Waals surface area contributed by atoms with Gasteiger partial charge in [0.05, 0.1) is 18.9 Å². The van der Waals surface area contributed by atoms with Crippen molar-refractivity contribution in [3.63, 3.8) is 0 Å². The summed E-state index contributed by atoms with van der Waals surface area (Å²) in [7, 11) is 0. The van der Waals surface area contributed by atoms with Gasteiger partial charge in [0.25, 0.3) is 0 Å². The monoisotopic (exact) mass is 454 g/mol. The average molecular weight is 454 g/mol. The van der Waals surface area contributed by atoms with Gasteiger partial charge in [-0.05, 0) is 0 Å². The maximum Gasteiger partial charge on any atom is 0.326 e. The molecule has 0 aliphatic carbocycles. The Morgan fingerprint density at radius 1 is 0.690 bits per heavy atom. The van der Waals surface area contributed by atoms with Crippen molar-refractivity contribution < 1.29 is 44.1 Å². The normalized spacial score (nSPS) is 14.6. The first-order valence-electron chi connectivity index (χ1n) is 7.97. The molecule has 0 fully saturated rings. The Labute approximate surface area is 175 Å². The van der Waals surface area contributed by atoms with Crippen LogP contribution >= 0.6 is 25.3 Å². The molecule has 0 radical (unpaired) electrons. The maximum atomic E-state index is 12.3. The van der Waals surface area contributed by atoms with Crippen molar-refractivity contribution in [2.75, 3.05) is 11.5 Å². The number of nitrogens with two attached hydrogens (primary N) is 1. The van der Waals surface area contributed by atoms with Gasteiger partial charge in [-0.2, -0.15) is 25.3 Å². The molecule has 0 aromatic carbocycles. The zero-order valence-corrected chi connectivity index (χ0v) is 16.7. The molecule has 164 valence electrons. The van der Waals surface area contributed by atoms with Crippen molar-refractivity contribution in [3.8, 4) is 0 Å². The van der Waals surface area contributed by atoms with Gasteiger partial charge in [-0.1, -0.05) is 0 Å². The van der Waals surface area contributed by atoms with E-state index in [1.54, 1.807) is 0 Å². The van der Waals surface area contributed by atoms with Gasteiger partial charge in [-0.3, -0.25) is 24.0 Å². The van der Waals surface area contributed by atoms with Crippen LogP contribution in [0.15, 0.2) is 0 Å². The van der Waals surface area contributed by atoms with Gasteiger partial charge in [0.1, 0.15) is 18.1 Å². The topological polar surface area (TPSA) is 225 Å². The standard InChI is InChI=1S/C14H22N4O9S2/c15-5(3-28)11(23)18-8(4-29)13(25)16-6(1-9(19)20)12(24)17-7(14(26)27)2-10(21)22/h5-8,28-29H,1-4,15H2,(H,16,25)(H,17,24)(H,18,23)(H,19,20)(H,21,22)(H,26,27). The van der Waals surface area contributed by atoms with Crippen LogP contribution in [-0.4, -0.2) is 86.6 Å². The number of rotatable bonds is 13. The number of nitrogens with one attached hydrogen (secondary N) is 3. The van der Waals surface area contributed by atoms with Crippen molar-refractivity contribution in [1.29, 1.82) is 0 Å². The molecule has 0 aliphatic heterocycles. The molecule has 15 heteroatoms. The van der Waals surface area contributed by atoms with Crippen LogP contribution in [0.5, 0.6) is 0 Å². The zero-order valence-electron chi connectivity index (χ0n) is 14.9. The number of carboxylic acids is 3. The second-order valence-electron chi connectivity index (χ2n) is 5.69. The van der Waals surface area contributed by atoms with E-state index in [1.807, 2.05) is 5.32 Å². The summed E-state index contributed by atoms with van der Waals surface area (Å²) < 4.78 is 0. The number of aliphatic carboxylic acids is 3. The van der Waals surface area contributed by atoms with E-state index in [4.69, 9.17) is 21.1 Å². The highest BCUT2D eigenvalue weighted by Gasteiger charge is 2.31. The second kappa shape index (κ2) is 12.8. The average Bonchev–Trinajstić information content (AvgIpc) is 2.62. The van der Waals surface area contributed by atoms with Crippen molar-refractivity contribution in [1.82, 2.24) is 16.0 Å². The van der Waals surface area contributed by atoms with Gasteiger partial charge in [0.15, 0.2) is 0 Å². The summed E-state index contributed by atoms with van der Waals surface area (Å²) in [5.74, 6) is -7.87. The number of thiol groups is 2. The molecule has 0 heterocycles. The van der Waals surface area contributed by atoms with Gasteiger partial charge in [-0.15, -0.1) is 0 Å². The van der Waals surface area contributed by atoms with Crippen molar-refractivity contribution in [3.05, 3.63) is 0 Å². The van der Waals surface area contributed by atoms with Crippen LogP contribution in [0.3, 0.4) is 0 Å². The van der Waals surface area contributed by atoms with Gasteiger partial charge >= 0.3 is 17.9 Å². The largest absolute Gasteiger partial charge is 0.481 e. The SMILES string of the molecule is NC(CS)C(=O)NC(CS)C(=O)NC(CC(=O)O)C(=O)NC(CC(=O)O)C(=O)O. The lowest BCUT2D eigenvalue weighted by atomic mass is 10.1. The summed E-state index contributed by atoms with van der Waals surface area (Å²) in [6.45, 7) is 0. The molecule has 0 spiro atoms. The molecule has 0 rings (SSSR count). The molecule has 4 atom stereocenters. The Hall–Kier alpha value is -2.52. The first-order chi connectivity index (χ1) is 13.4. The third-order valence-corrected chi connectivity index (χ3v) is 4.11. The molecule has 4 unspecified atom stereocenters. The quantitative estimate of drug-likeness (QED) is 0.126. The minimum absolute atomic E-state index is 0.0169. The molecule has 0 saturated heterocycles. The van der Waals surface area contributed by atoms with Crippen LogP contribution in [0.1, 0.15) is 12.8 Å². The molecule has 13 nitrogen and oxygen atoms in total. The highest BCUT2D eigenvalue weighted by Crippen LogP contribution is 2.01. The molecule has 0 aromatic heterocycles. The van der Waals surface area contributed by atoms with Crippen LogP contribution < -0.4 is 21.7 Å². The van der Waals surface area contributed by atoms with Gasteiger partial charge in [0.2, 0.25) is 17.7 Å². The van der Waals surface area contributed by atoms with Crippen molar-refractivity contribution >= 4 is 60.9 Å². The molecule has 3 amide bonds. The summed E-state index contributed by atoms with van der Waals surface area (Å²) in [5.41, 5.74) is 5.47. The lowest BCUT2D eigenvalue weighted by Gasteiger charge is -2.23. The summed E-state index contributed by atoms with van der Waals surface area (Å²) in [6.07, 6.45) is -1.90. The number of carbonyl (C=O) groups excluding carboxylic acids is 3. The molecule has 0 saturated carbocycles. The number of carboxylic acid groups (broad SMARTS) is 3. The predicted octanol–water partition coefficient (Wildman–Crippen LogP) is -3.34. The smallest absolute Gasteiger partial charge is 0.326 e. The Balaban J connectivity index is 5.29. The third-order valence-electron chi connectivity index (χ3n) is 3.35. The van der Waals surface area contributed by atoms with Crippen LogP contribution in [0.2, 0.25) is 0 Å². The molecular weight excluding hydrogens is 432 g/mol. The number of hydrogen-bond acceptors (Lipinski definition) is 9. The van der Waals surface area contributed by atoms with E-state index in [-0.39, 0.29) is 11.5 Å². The van der Waals surface area contributed by atoms with Crippen LogP contribution in [0, 0.1) is 0 Å². The molecule has 8 N–H and O–H groups in total. The molecule has 29 heavy (non-hydrogen) atoms. The summed E-state index contributed by atoms with van der Waals surface area (Å²) in [5, 5.41) is 32.7. The van der Waals surface area contributed by atoms with E-state index in [0.717, 1.165) is 0 Å². The van der Waals surface area contributed by atoms with Crippen molar-refractivity contribution in [2.24, 2.45) is 5.73 Å². The Morgan fingerprint density at radius 3 is 1.52 bits per heavy atom. The minimum atomic E-state index is -1.85.